The van der Waals surface area contributed by atoms with Gasteiger partial charge in [-0.15, -0.1) is 0 Å². The molecule has 6 heteroatoms. The van der Waals surface area contributed by atoms with Crippen molar-refractivity contribution in [1.82, 2.24) is 15.1 Å². The first-order valence-electron chi connectivity index (χ1n) is 9.03. The summed E-state index contributed by atoms with van der Waals surface area (Å²) in [5, 5.41) is 3.11. The Hall–Kier alpha value is -1.95. The Balaban J connectivity index is 1.44. The van der Waals surface area contributed by atoms with Crippen LogP contribution in [-0.4, -0.2) is 54.3 Å². The van der Waals surface area contributed by atoms with E-state index >= 15 is 0 Å². The second kappa shape index (κ2) is 7.95. The van der Waals surface area contributed by atoms with E-state index in [0.29, 0.717) is 19.5 Å². The monoisotopic (exact) mass is 347 g/mol. The van der Waals surface area contributed by atoms with Gasteiger partial charge in [0, 0.05) is 57.2 Å². The Morgan fingerprint density at radius 1 is 1.20 bits per heavy atom. The van der Waals surface area contributed by atoms with Gasteiger partial charge in [0.15, 0.2) is 0 Å². The number of hydrogen-bond donors (Lipinski definition) is 1. The lowest BCUT2D eigenvalue weighted by Crippen LogP contribution is -2.48. The highest BCUT2D eigenvalue weighted by molar-refractivity contribution is 5.86. The fourth-order valence-corrected chi connectivity index (χ4v) is 3.59. The molecule has 0 aromatic heterocycles. The van der Waals surface area contributed by atoms with Gasteiger partial charge in [-0.25, -0.2) is 4.39 Å². The molecule has 136 valence electrons. The maximum atomic E-state index is 13.7. The zero-order chi connectivity index (χ0) is 17.8. The fourth-order valence-electron chi connectivity index (χ4n) is 3.59. The van der Waals surface area contributed by atoms with Crippen LogP contribution in [-0.2, 0) is 16.1 Å². The normalized spacial score (nSPS) is 22.9. The number of rotatable bonds is 4. The van der Waals surface area contributed by atoms with Crippen LogP contribution in [0.1, 0.15) is 31.2 Å². The van der Waals surface area contributed by atoms with Crippen molar-refractivity contribution in [3.05, 3.63) is 35.6 Å². The predicted octanol–water partition coefficient (Wildman–Crippen LogP) is 1.77. The average Bonchev–Trinajstić information content (AvgIpc) is 2.61. The number of benzene rings is 1. The summed E-state index contributed by atoms with van der Waals surface area (Å²) in [6.45, 7) is 2.94. The largest absolute Gasteiger partial charge is 0.353 e. The molecule has 2 aliphatic rings. The van der Waals surface area contributed by atoms with E-state index < -0.39 is 0 Å². The Kier molecular flexibility index (Phi) is 5.68. The number of halogens is 1. The van der Waals surface area contributed by atoms with E-state index in [9.17, 15) is 14.0 Å². The minimum absolute atomic E-state index is 0.00834. The van der Waals surface area contributed by atoms with Gasteiger partial charge >= 0.3 is 0 Å². The average molecular weight is 347 g/mol. The molecule has 0 bridgehead atoms. The van der Waals surface area contributed by atoms with Gasteiger partial charge in [-0.05, 0) is 25.3 Å². The summed E-state index contributed by atoms with van der Waals surface area (Å²) in [5.41, 5.74) is 0.717. The first-order valence-corrected chi connectivity index (χ1v) is 9.03. The minimum atomic E-state index is -0.194. The summed E-state index contributed by atoms with van der Waals surface area (Å²) in [4.78, 5) is 28.1. The van der Waals surface area contributed by atoms with Gasteiger partial charge < -0.3 is 10.2 Å². The lowest BCUT2D eigenvalue weighted by molar-refractivity contribution is -0.139. The summed E-state index contributed by atoms with van der Waals surface area (Å²) in [5.74, 6) is -0.301. The van der Waals surface area contributed by atoms with Crippen LogP contribution in [0.25, 0.3) is 0 Å². The molecular weight excluding hydrogens is 321 g/mol. The topological polar surface area (TPSA) is 52.7 Å². The number of likely N-dealkylation sites (tertiary alicyclic amines) is 2. The molecule has 25 heavy (non-hydrogen) atoms. The van der Waals surface area contributed by atoms with Crippen LogP contribution in [0.4, 0.5) is 4.39 Å². The second-order valence-corrected chi connectivity index (χ2v) is 7.16. The van der Waals surface area contributed by atoms with E-state index in [2.05, 4.69) is 10.2 Å². The van der Waals surface area contributed by atoms with E-state index in [-0.39, 0.29) is 29.6 Å². The Morgan fingerprint density at radius 3 is 2.60 bits per heavy atom. The summed E-state index contributed by atoms with van der Waals surface area (Å²) < 4.78 is 13.7. The number of amides is 2. The van der Waals surface area contributed by atoms with Crippen LogP contribution >= 0.6 is 0 Å². The molecule has 1 N–H and O–H groups in total. The van der Waals surface area contributed by atoms with Crippen LogP contribution in [0.15, 0.2) is 24.3 Å². The smallest absolute Gasteiger partial charge is 0.223 e. The van der Waals surface area contributed by atoms with Crippen molar-refractivity contribution in [1.29, 1.82) is 0 Å². The van der Waals surface area contributed by atoms with E-state index in [1.807, 2.05) is 12.1 Å². The van der Waals surface area contributed by atoms with Crippen molar-refractivity contribution in [2.75, 3.05) is 26.7 Å². The number of carbonyl (C=O) groups excluding carboxylic acids is 2. The van der Waals surface area contributed by atoms with Crippen molar-refractivity contribution >= 4 is 11.8 Å². The third-order valence-corrected chi connectivity index (χ3v) is 5.32. The Morgan fingerprint density at radius 2 is 1.92 bits per heavy atom. The summed E-state index contributed by atoms with van der Waals surface area (Å²) >= 11 is 0. The fraction of sp³-hybridized carbons (Fsp3) is 0.579. The van der Waals surface area contributed by atoms with Crippen LogP contribution in [0.2, 0.25) is 0 Å². The van der Waals surface area contributed by atoms with Crippen LogP contribution in [0.3, 0.4) is 0 Å². The van der Waals surface area contributed by atoms with Crippen molar-refractivity contribution < 1.29 is 14.0 Å². The molecule has 2 amide bonds. The zero-order valence-electron chi connectivity index (χ0n) is 14.7. The quantitative estimate of drug-likeness (QED) is 0.903. The molecule has 1 aromatic carbocycles. The summed E-state index contributed by atoms with van der Waals surface area (Å²) in [7, 11) is 1.78. The van der Waals surface area contributed by atoms with E-state index in [4.69, 9.17) is 0 Å². The highest BCUT2D eigenvalue weighted by Gasteiger charge is 2.30. The first-order chi connectivity index (χ1) is 12.0. The molecule has 2 fully saturated rings. The SMILES string of the molecule is CN1CC[C@H](C(=O)NC2CCN(Cc3ccccc3F)CC2)CC1=O. The third kappa shape index (κ3) is 4.57. The van der Waals surface area contributed by atoms with Gasteiger partial charge in [-0.2, -0.15) is 0 Å². The van der Waals surface area contributed by atoms with Crippen molar-refractivity contribution in [3.8, 4) is 0 Å². The Labute approximate surface area is 148 Å². The van der Waals surface area contributed by atoms with E-state index in [0.717, 1.165) is 37.9 Å². The lowest BCUT2D eigenvalue weighted by atomic mass is 9.94. The number of piperidine rings is 2. The molecule has 0 radical (unpaired) electrons. The molecule has 1 aromatic rings. The molecule has 5 nitrogen and oxygen atoms in total. The molecule has 0 aliphatic carbocycles. The predicted molar refractivity (Wildman–Crippen MR) is 93.2 cm³/mol. The second-order valence-electron chi connectivity index (χ2n) is 7.16. The lowest BCUT2D eigenvalue weighted by Gasteiger charge is -2.34. The number of nitrogens with zero attached hydrogens (tertiary/aromatic N) is 2. The maximum absolute atomic E-state index is 13.7. The number of nitrogens with one attached hydrogen (secondary N) is 1. The molecule has 0 spiro atoms. The zero-order valence-corrected chi connectivity index (χ0v) is 14.7. The van der Waals surface area contributed by atoms with Gasteiger partial charge in [0.1, 0.15) is 5.82 Å². The van der Waals surface area contributed by atoms with Gasteiger partial charge in [0.05, 0.1) is 0 Å². The molecule has 1 atom stereocenters. The highest BCUT2D eigenvalue weighted by atomic mass is 19.1. The van der Waals surface area contributed by atoms with E-state index in [1.54, 1.807) is 18.0 Å². The summed E-state index contributed by atoms with van der Waals surface area (Å²) in [6.07, 6.45) is 2.77. The minimum Gasteiger partial charge on any atom is -0.353 e. The maximum Gasteiger partial charge on any atom is 0.223 e. The summed E-state index contributed by atoms with van der Waals surface area (Å²) in [6, 6.07) is 7.02. The standard InChI is InChI=1S/C19H26FN3O2/c1-22-9-6-14(12-18(22)24)19(25)21-16-7-10-23(11-8-16)13-15-4-2-3-5-17(15)20/h2-5,14,16H,6-13H2,1H3,(H,21,25)/t14-/m0/s1. The van der Waals surface area contributed by atoms with Gasteiger partial charge in [0.25, 0.3) is 0 Å². The van der Waals surface area contributed by atoms with Crippen molar-refractivity contribution in [2.24, 2.45) is 5.92 Å². The first kappa shape index (κ1) is 17.9. The molecule has 3 rings (SSSR count). The van der Waals surface area contributed by atoms with Gasteiger partial charge in [-0.3, -0.25) is 14.5 Å². The number of carbonyl (C=O) groups is 2. The van der Waals surface area contributed by atoms with Gasteiger partial charge in [-0.1, -0.05) is 18.2 Å². The van der Waals surface area contributed by atoms with Crippen LogP contribution in [0.5, 0.6) is 0 Å². The van der Waals surface area contributed by atoms with E-state index in [1.165, 1.54) is 6.07 Å². The third-order valence-electron chi connectivity index (χ3n) is 5.32. The van der Waals surface area contributed by atoms with Crippen molar-refractivity contribution in [3.63, 3.8) is 0 Å². The molecule has 0 saturated carbocycles. The van der Waals surface area contributed by atoms with Crippen LogP contribution < -0.4 is 5.32 Å². The Bertz CT molecular complexity index is 629. The molecule has 2 heterocycles. The van der Waals surface area contributed by atoms with Crippen LogP contribution in [0, 0.1) is 11.7 Å². The molecule has 2 saturated heterocycles. The molecular formula is C19H26FN3O2. The van der Waals surface area contributed by atoms with Gasteiger partial charge in [0.2, 0.25) is 11.8 Å². The molecule has 2 aliphatic heterocycles. The molecule has 0 unspecified atom stereocenters. The van der Waals surface area contributed by atoms with Crippen molar-refractivity contribution in [2.45, 2.75) is 38.3 Å². The highest BCUT2D eigenvalue weighted by Crippen LogP contribution is 2.20. The number of hydrogen-bond acceptors (Lipinski definition) is 3.